The Morgan fingerprint density at radius 2 is 2.38 bits per heavy atom. The lowest BCUT2D eigenvalue weighted by Crippen LogP contribution is -2.38. The van der Waals surface area contributed by atoms with Gasteiger partial charge in [0, 0.05) is 22.0 Å². The Labute approximate surface area is 107 Å². The van der Waals surface area contributed by atoms with Gasteiger partial charge in [-0.3, -0.25) is 0 Å². The molecule has 3 nitrogen and oxygen atoms in total. The highest BCUT2D eigenvalue weighted by Crippen LogP contribution is 2.44. The molecule has 0 unspecified atom stereocenters. The Balaban J connectivity index is 2.23. The normalized spacial score (nSPS) is 18.1. The summed E-state index contributed by atoms with van der Waals surface area (Å²) in [5.74, 6) is -0.860. The van der Waals surface area contributed by atoms with Gasteiger partial charge in [-0.25, -0.2) is 4.79 Å². The van der Waals surface area contributed by atoms with Crippen LogP contribution in [0, 0.1) is 0 Å². The van der Waals surface area contributed by atoms with Gasteiger partial charge in [-0.05, 0) is 41.1 Å². The largest absolute Gasteiger partial charge is 0.477 e. The Kier molecular flexibility index (Phi) is 3.35. The summed E-state index contributed by atoms with van der Waals surface area (Å²) >= 11 is 5.18. The number of halogens is 1. The zero-order valence-electron chi connectivity index (χ0n) is 9.07. The molecule has 1 N–H and O–H groups in total. The first-order valence-corrected chi connectivity index (χ1v) is 7.22. The Bertz CT molecular complexity index is 407. The Morgan fingerprint density at radius 1 is 1.69 bits per heavy atom. The van der Waals surface area contributed by atoms with E-state index >= 15 is 0 Å². The molecule has 0 amide bonds. The number of aromatic carboxylic acids is 1. The lowest BCUT2D eigenvalue weighted by Gasteiger charge is -2.40. The summed E-state index contributed by atoms with van der Waals surface area (Å²) in [5.41, 5.74) is 0.368. The first-order valence-electron chi connectivity index (χ1n) is 5.20. The molecule has 5 heteroatoms. The minimum atomic E-state index is -0.860. The molecule has 1 heterocycles. The Hall–Kier alpha value is -0.420. The molecule has 0 aliphatic heterocycles. The fraction of sp³-hybridized carbons (Fsp3) is 0.545. The molecule has 1 aromatic heterocycles. The van der Waals surface area contributed by atoms with Gasteiger partial charge in [0.1, 0.15) is 5.69 Å². The van der Waals surface area contributed by atoms with Crippen molar-refractivity contribution >= 4 is 33.7 Å². The van der Waals surface area contributed by atoms with Crippen LogP contribution in [0.3, 0.4) is 0 Å². The number of hydrogen-bond acceptors (Lipinski definition) is 2. The third-order valence-electron chi connectivity index (χ3n) is 3.24. The smallest absolute Gasteiger partial charge is 0.352 e. The molecule has 1 fully saturated rings. The van der Waals surface area contributed by atoms with Gasteiger partial charge in [0.15, 0.2) is 0 Å². The highest BCUT2D eigenvalue weighted by atomic mass is 79.9. The van der Waals surface area contributed by atoms with E-state index in [9.17, 15) is 4.79 Å². The second-order valence-corrected chi connectivity index (χ2v) is 6.41. The van der Waals surface area contributed by atoms with E-state index in [0.29, 0.717) is 5.69 Å². The zero-order valence-corrected chi connectivity index (χ0v) is 11.5. The van der Waals surface area contributed by atoms with Crippen molar-refractivity contribution in [3.8, 4) is 0 Å². The monoisotopic (exact) mass is 303 g/mol. The fourth-order valence-corrected chi connectivity index (χ4v) is 3.52. The van der Waals surface area contributed by atoms with Crippen molar-refractivity contribution in [1.82, 2.24) is 4.57 Å². The van der Waals surface area contributed by atoms with Crippen molar-refractivity contribution in [2.75, 3.05) is 6.26 Å². The van der Waals surface area contributed by atoms with Crippen molar-refractivity contribution in [3.63, 3.8) is 0 Å². The predicted octanol–water partition coefficient (Wildman–Crippen LogP) is 3.23. The van der Waals surface area contributed by atoms with Gasteiger partial charge in [0.25, 0.3) is 0 Å². The molecule has 2 rings (SSSR count). The molecule has 1 aliphatic carbocycles. The average Bonchev–Trinajstić information content (AvgIpc) is 2.53. The van der Waals surface area contributed by atoms with Gasteiger partial charge < -0.3 is 9.67 Å². The van der Waals surface area contributed by atoms with E-state index in [2.05, 4.69) is 22.2 Å². The molecule has 0 saturated heterocycles. The average molecular weight is 304 g/mol. The van der Waals surface area contributed by atoms with E-state index in [1.54, 1.807) is 6.07 Å². The third-order valence-corrected chi connectivity index (χ3v) is 5.08. The molecule has 1 saturated carbocycles. The summed E-state index contributed by atoms with van der Waals surface area (Å²) in [4.78, 5) is 11.1. The van der Waals surface area contributed by atoms with Crippen molar-refractivity contribution in [2.24, 2.45) is 0 Å². The third kappa shape index (κ3) is 2.15. The van der Waals surface area contributed by atoms with Crippen LogP contribution in [0.25, 0.3) is 0 Å². The number of nitrogens with zero attached hydrogens (tertiary/aromatic N) is 1. The molecular weight excluding hydrogens is 290 g/mol. The number of carboxylic acids is 1. The molecule has 0 aromatic carbocycles. The molecule has 0 radical (unpaired) electrons. The molecule has 16 heavy (non-hydrogen) atoms. The van der Waals surface area contributed by atoms with Gasteiger partial charge in [0.2, 0.25) is 0 Å². The predicted molar refractivity (Wildman–Crippen MR) is 69.2 cm³/mol. The van der Waals surface area contributed by atoms with Crippen molar-refractivity contribution < 1.29 is 9.90 Å². The molecule has 88 valence electrons. The van der Waals surface area contributed by atoms with Crippen LogP contribution >= 0.6 is 27.7 Å². The van der Waals surface area contributed by atoms with Crippen LogP contribution in [0.2, 0.25) is 0 Å². The van der Waals surface area contributed by atoms with Gasteiger partial charge in [-0.2, -0.15) is 11.8 Å². The molecular formula is C11H14BrNO2S. The van der Waals surface area contributed by atoms with Crippen LogP contribution in [0.1, 0.15) is 29.8 Å². The summed E-state index contributed by atoms with van der Waals surface area (Å²) in [7, 11) is 0. The van der Waals surface area contributed by atoms with Crippen molar-refractivity contribution in [1.29, 1.82) is 0 Å². The lowest BCUT2D eigenvalue weighted by atomic mass is 9.84. The number of rotatable bonds is 4. The van der Waals surface area contributed by atoms with Gasteiger partial charge in [-0.1, -0.05) is 6.42 Å². The topological polar surface area (TPSA) is 42.2 Å². The fourth-order valence-electron chi connectivity index (χ4n) is 2.09. The van der Waals surface area contributed by atoms with Gasteiger partial charge >= 0.3 is 5.97 Å². The van der Waals surface area contributed by atoms with Crippen molar-refractivity contribution in [2.45, 2.75) is 30.6 Å². The summed E-state index contributed by atoms with van der Waals surface area (Å²) in [6.45, 7) is 0.793. The number of thioether (sulfide) groups is 1. The van der Waals surface area contributed by atoms with E-state index in [1.165, 1.54) is 19.3 Å². The number of carbonyl (C=O) groups is 1. The molecule has 1 aliphatic rings. The second kappa shape index (κ2) is 4.45. The van der Waals surface area contributed by atoms with Crippen LogP contribution in [0.4, 0.5) is 0 Å². The van der Waals surface area contributed by atoms with Gasteiger partial charge in [-0.15, -0.1) is 0 Å². The van der Waals surface area contributed by atoms with Crippen LogP contribution in [0.15, 0.2) is 16.7 Å². The van der Waals surface area contributed by atoms with E-state index in [1.807, 2.05) is 22.5 Å². The number of hydrogen-bond donors (Lipinski definition) is 1. The number of carboxylic acid groups (broad SMARTS) is 1. The standard InChI is InChI=1S/C11H14BrNO2S/c1-16-11(3-2-4-11)7-13-6-8(12)5-9(13)10(14)15/h5-6H,2-4,7H2,1H3,(H,14,15). The van der Waals surface area contributed by atoms with Gasteiger partial charge in [0.05, 0.1) is 0 Å². The lowest BCUT2D eigenvalue weighted by molar-refractivity contribution is 0.0683. The quantitative estimate of drug-likeness (QED) is 0.928. The summed E-state index contributed by atoms with van der Waals surface area (Å²) in [5, 5.41) is 9.09. The minimum absolute atomic E-state index is 0.253. The maximum atomic E-state index is 11.1. The minimum Gasteiger partial charge on any atom is -0.477 e. The maximum absolute atomic E-state index is 11.1. The van der Waals surface area contributed by atoms with Crippen LogP contribution in [-0.2, 0) is 6.54 Å². The highest BCUT2D eigenvalue weighted by molar-refractivity contribution is 9.10. The SMILES string of the molecule is CSC1(Cn2cc(Br)cc2C(=O)O)CCC1. The van der Waals surface area contributed by atoms with E-state index in [-0.39, 0.29) is 4.75 Å². The molecule has 0 bridgehead atoms. The molecule has 0 spiro atoms. The maximum Gasteiger partial charge on any atom is 0.352 e. The van der Waals surface area contributed by atoms with Crippen molar-refractivity contribution in [3.05, 3.63) is 22.4 Å². The van der Waals surface area contributed by atoms with E-state index < -0.39 is 5.97 Å². The van der Waals surface area contributed by atoms with E-state index in [0.717, 1.165) is 11.0 Å². The second-order valence-electron chi connectivity index (χ2n) is 4.22. The molecule has 0 atom stereocenters. The summed E-state index contributed by atoms with van der Waals surface area (Å²) in [6, 6.07) is 1.66. The summed E-state index contributed by atoms with van der Waals surface area (Å²) < 4.78 is 2.94. The zero-order chi connectivity index (χ0) is 11.8. The van der Waals surface area contributed by atoms with Crippen LogP contribution in [-0.4, -0.2) is 26.6 Å². The number of aromatic nitrogens is 1. The van der Waals surface area contributed by atoms with Crippen LogP contribution < -0.4 is 0 Å². The first-order chi connectivity index (χ1) is 7.56. The molecule has 1 aromatic rings. The van der Waals surface area contributed by atoms with E-state index in [4.69, 9.17) is 5.11 Å². The highest BCUT2D eigenvalue weighted by Gasteiger charge is 2.37. The first kappa shape index (κ1) is 12.0. The Morgan fingerprint density at radius 3 is 2.81 bits per heavy atom. The summed E-state index contributed by atoms with van der Waals surface area (Å²) in [6.07, 6.45) is 7.59. The van der Waals surface area contributed by atoms with Crippen LogP contribution in [0.5, 0.6) is 0 Å².